The van der Waals surface area contributed by atoms with E-state index in [2.05, 4.69) is 17.9 Å². The third-order valence-electron chi connectivity index (χ3n) is 8.61. The number of ether oxygens (including phenoxy) is 1. The molecule has 2 aromatic carbocycles. The summed E-state index contributed by atoms with van der Waals surface area (Å²) < 4.78 is 42.2. The van der Waals surface area contributed by atoms with E-state index in [1.807, 2.05) is 71.0 Å². The minimum absolute atomic E-state index is 0.241. The molecule has 5 nitrogen and oxygen atoms in total. The van der Waals surface area contributed by atoms with Crippen LogP contribution in [0.15, 0.2) is 63.1 Å². The van der Waals surface area contributed by atoms with E-state index in [4.69, 9.17) is 4.74 Å². The second-order valence-electron chi connectivity index (χ2n) is 13.1. The number of hydrogen-bond donors (Lipinski definition) is 0. The zero-order valence-corrected chi connectivity index (χ0v) is 29.1. The minimum atomic E-state index is -3.88. The second-order valence-corrected chi connectivity index (χ2v) is 27.4. The van der Waals surface area contributed by atoms with Crippen molar-refractivity contribution in [1.29, 1.82) is 0 Å². The Bertz CT molecular complexity index is 1330. The van der Waals surface area contributed by atoms with Gasteiger partial charge >= 0.3 is 247 Å². The Balaban J connectivity index is 1.95. The summed E-state index contributed by atoms with van der Waals surface area (Å²) in [5.41, 5.74) is 2.30. The molecule has 0 bridgehead atoms. The fourth-order valence-electron chi connectivity index (χ4n) is 6.64. The Hall–Kier alpha value is -1.64. The summed E-state index contributed by atoms with van der Waals surface area (Å²) in [4.78, 5) is 14.8. The molecule has 0 aromatic heterocycles. The first-order chi connectivity index (χ1) is 18.8. The van der Waals surface area contributed by atoms with Crippen LogP contribution in [0.3, 0.4) is 0 Å². The average molecular weight is 673 g/mol. The van der Waals surface area contributed by atoms with Crippen molar-refractivity contribution in [1.82, 2.24) is 4.31 Å². The third-order valence-corrected chi connectivity index (χ3v) is 24.5. The number of hydrogen-bond acceptors (Lipinski definition) is 4. The maximum absolute atomic E-state index is 14.6. The Morgan fingerprint density at radius 2 is 1.48 bits per heavy atom. The standard InChI is InChI=1S/C25H29NO4S.2C4H9.Sn/c1-17-8-12-20(13-9-17)22-25(7,23(27)30-24(4,5)6)19(3)16-26(22)31(28,29)21-14-10-18(2)11-15-21;2*1-3-4-2;/h3,8-15,22H,7,16H2,1-2,4-6H3;2*1,3-4H2,2H3;/t22-,25+;;;/m0.../s1. The van der Waals surface area contributed by atoms with E-state index >= 15 is 0 Å². The molecule has 40 heavy (non-hydrogen) atoms. The number of nitrogens with zero attached hydrogens (tertiary/aromatic N) is 1. The topological polar surface area (TPSA) is 63.7 Å². The predicted molar refractivity (Wildman–Crippen MR) is 165 cm³/mol. The van der Waals surface area contributed by atoms with Gasteiger partial charge in [-0.15, -0.1) is 0 Å². The van der Waals surface area contributed by atoms with Crippen molar-refractivity contribution < 1.29 is 17.9 Å². The molecule has 2 aromatic rings. The SMILES string of the molecule is CCC[CH2][Sn]1([CH2]CCC)[CH]=C2CN(S(=O)(=O)c3ccc(C)cc3)[C@@H](c3ccc(C)cc3)[C@@]2(C(=O)OC(C)(C)C)[CH2]1. The molecule has 2 aliphatic rings. The molecule has 4 rings (SSSR count). The van der Waals surface area contributed by atoms with E-state index in [0.717, 1.165) is 52.4 Å². The Morgan fingerprint density at radius 3 is 1.98 bits per heavy atom. The van der Waals surface area contributed by atoms with Crippen LogP contribution in [0, 0.1) is 19.3 Å². The zero-order chi connectivity index (χ0) is 29.3. The summed E-state index contributed by atoms with van der Waals surface area (Å²) in [6.07, 6.45) is 4.58. The second kappa shape index (κ2) is 11.9. The summed E-state index contributed by atoms with van der Waals surface area (Å²) in [5.74, 6) is -0.259. The van der Waals surface area contributed by atoms with Gasteiger partial charge in [0, 0.05) is 0 Å². The summed E-state index contributed by atoms with van der Waals surface area (Å²) in [6.45, 7) is 14.4. The van der Waals surface area contributed by atoms with Crippen molar-refractivity contribution in [2.45, 2.75) is 104 Å². The predicted octanol–water partition coefficient (Wildman–Crippen LogP) is 7.91. The van der Waals surface area contributed by atoms with Gasteiger partial charge < -0.3 is 0 Å². The fourth-order valence-corrected chi connectivity index (χ4v) is 25.0. The summed E-state index contributed by atoms with van der Waals surface area (Å²) in [7, 11) is -3.88. The number of fused-ring (bicyclic) bond motifs is 1. The molecule has 0 spiro atoms. The van der Waals surface area contributed by atoms with Crippen molar-refractivity contribution in [2.75, 3.05) is 6.54 Å². The number of carbonyl (C=O) groups excluding carboxylic acids is 1. The number of carbonyl (C=O) groups is 1. The van der Waals surface area contributed by atoms with Gasteiger partial charge in [0.15, 0.2) is 0 Å². The van der Waals surface area contributed by atoms with Crippen LogP contribution >= 0.6 is 0 Å². The van der Waals surface area contributed by atoms with Crippen LogP contribution in [0.4, 0.5) is 0 Å². The van der Waals surface area contributed by atoms with Crippen LogP contribution in [0.5, 0.6) is 0 Å². The number of benzene rings is 2. The van der Waals surface area contributed by atoms with Crippen molar-refractivity contribution in [2.24, 2.45) is 5.41 Å². The molecular formula is C33H47NO4SSn. The van der Waals surface area contributed by atoms with Crippen LogP contribution in [0.2, 0.25) is 13.3 Å². The first-order valence-corrected chi connectivity index (χ1v) is 24.0. The van der Waals surface area contributed by atoms with Gasteiger partial charge in [0.1, 0.15) is 0 Å². The number of unbranched alkanes of at least 4 members (excludes halogenated alkanes) is 2. The van der Waals surface area contributed by atoms with Crippen molar-refractivity contribution in [3.8, 4) is 0 Å². The van der Waals surface area contributed by atoms with Crippen LogP contribution in [-0.4, -0.2) is 49.2 Å². The van der Waals surface area contributed by atoms with E-state index in [0.29, 0.717) is 0 Å². The quantitative estimate of drug-likeness (QED) is 0.190. The van der Waals surface area contributed by atoms with Crippen molar-refractivity contribution in [3.63, 3.8) is 0 Å². The maximum atomic E-state index is 14.6. The molecule has 0 unspecified atom stereocenters. The Morgan fingerprint density at radius 1 is 0.950 bits per heavy atom. The molecule has 0 radical (unpaired) electrons. The molecule has 7 heteroatoms. The van der Waals surface area contributed by atoms with Crippen LogP contribution in [0.1, 0.15) is 83.0 Å². The summed E-state index contributed by atoms with van der Waals surface area (Å²) in [5, 5.41) is 0. The summed E-state index contributed by atoms with van der Waals surface area (Å²) >= 11 is -2.99. The van der Waals surface area contributed by atoms with E-state index in [-0.39, 0.29) is 17.4 Å². The van der Waals surface area contributed by atoms with Crippen molar-refractivity contribution >= 4 is 34.4 Å². The zero-order valence-electron chi connectivity index (χ0n) is 25.4. The Kier molecular flexibility index (Phi) is 9.33. The van der Waals surface area contributed by atoms with Gasteiger partial charge in [0.2, 0.25) is 0 Å². The molecular weight excluding hydrogens is 625 g/mol. The number of rotatable bonds is 10. The molecule has 1 fully saturated rings. The first-order valence-electron chi connectivity index (χ1n) is 14.9. The molecule has 2 heterocycles. The first kappa shape index (κ1) is 31.3. The Labute approximate surface area is 246 Å². The molecule has 0 saturated carbocycles. The van der Waals surface area contributed by atoms with Crippen molar-refractivity contribution in [3.05, 3.63) is 74.9 Å². The normalized spacial score (nSPS) is 22.7. The molecule has 0 aliphatic carbocycles. The van der Waals surface area contributed by atoms with Gasteiger partial charge in [-0.05, 0) is 0 Å². The van der Waals surface area contributed by atoms with Gasteiger partial charge in [-0.2, -0.15) is 0 Å². The average Bonchev–Trinajstić information content (AvgIpc) is 3.38. The van der Waals surface area contributed by atoms with Crippen LogP contribution in [0.25, 0.3) is 0 Å². The fraction of sp³-hybridized carbons (Fsp3) is 0.545. The third kappa shape index (κ3) is 6.10. The van der Waals surface area contributed by atoms with E-state index in [9.17, 15) is 13.2 Å². The molecule has 1 saturated heterocycles. The monoisotopic (exact) mass is 673 g/mol. The van der Waals surface area contributed by atoms with Crippen LogP contribution in [-0.2, 0) is 19.6 Å². The molecule has 0 N–H and O–H groups in total. The number of aryl methyl sites for hydroxylation is 2. The van der Waals surface area contributed by atoms with Gasteiger partial charge in [-0.25, -0.2) is 0 Å². The number of sulfonamides is 1. The van der Waals surface area contributed by atoms with Gasteiger partial charge in [-0.3, -0.25) is 0 Å². The molecule has 2 aliphatic heterocycles. The molecule has 2 atom stereocenters. The van der Waals surface area contributed by atoms with E-state index in [1.54, 1.807) is 16.4 Å². The van der Waals surface area contributed by atoms with Gasteiger partial charge in [-0.1, -0.05) is 0 Å². The van der Waals surface area contributed by atoms with E-state index in [1.165, 1.54) is 8.87 Å². The van der Waals surface area contributed by atoms with Crippen LogP contribution < -0.4 is 0 Å². The van der Waals surface area contributed by atoms with Gasteiger partial charge in [0.05, 0.1) is 0 Å². The molecule has 218 valence electrons. The van der Waals surface area contributed by atoms with E-state index < -0.39 is 45.5 Å². The molecule has 0 amide bonds. The van der Waals surface area contributed by atoms with Gasteiger partial charge in [0.25, 0.3) is 0 Å². The summed E-state index contributed by atoms with van der Waals surface area (Å²) in [6, 6.07) is 14.5. The number of esters is 1.